The molecule has 2 bridgehead atoms. The van der Waals surface area contributed by atoms with E-state index in [9.17, 15) is 9.90 Å². The highest BCUT2D eigenvalue weighted by Crippen LogP contribution is 2.69. The molecule has 2 aromatic rings. The topological polar surface area (TPSA) is 43.8 Å². The number of rotatable bonds is 2. The fourth-order valence-corrected chi connectivity index (χ4v) is 7.26. The zero-order valence-electron chi connectivity index (χ0n) is 17.6. The van der Waals surface area contributed by atoms with Crippen LogP contribution in [0.25, 0.3) is 10.8 Å². The van der Waals surface area contributed by atoms with Gasteiger partial charge in [0.2, 0.25) is 0 Å². The van der Waals surface area contributed by atoms with Crippen molar-refractivity contribution in [1.29, 1.82) is 0 Å². The maximum atomic E-state index is 13.4. The summed E-state index contributed by atoms with van der Waals surface area (Å²) in [7, 11) is 0. The summed E-state index contributed by atoms with van der Waals surface area (Å²) in [6.45, 7) is 6.36. The van der Waals surface area contributed by atoms with Gasteiger partial charge < -0.3 is 5.11 Å². The first-order chi connectivity index (χ1) is 13.8. The van der Waals surface area contributed by atoms with E-state index in [2.05, 4.69) is 59.4 Å². The van der Waals surface area contributed by atoms with E-state index >= 15 is 0 Å². The molecule has 3 aliphatic carbocycles. The van der Waals surface area contributed by atoms with Crippen LogP contribution in [0.5, 0.6) is 0 Å². The first-order valence-corrected chi connectivity index (χ1v) is 11.1. The van der Waals surface area contributed by atoms with Crippen molar-refractivity contribution in [2.45, 2.75) is 70.1 Å². The Kier molecular flexibility index (Phi) is 3.27. The number of aliphatic hydroxyl groups is 1. The van der Waals surface area contributed by atoms with Gasteiger partial charge in [-0.2, -0.15) is 0 Å². The van der Waals surface area contributed by atoms with Gasteiger partial charge in [-0.1, -0.05) is 43.3 Å². The Hall–Kier alpha value is -2.07. The summed E-state index contributed by atoms with van der Waals surface area (Å²) in [5.74, 6) is 1.21. The van der Waals surface area contributed by atoms with Gasteiger partial charge in [0.1, 0.15) is 5.54 Å². The van der Waals surface area contributed by atoms with Crippen molar-refractivity contribution < 1.29 is 9.90 Å². The standard InChI is InChI=1S/C25H30N2O2/c1-23(2)22(28)26(27(23)21-10-6-8-16-7-4-5-9-19(16)21)20-12-11-18-15-25(29)14-17(20)13-24(18,25)3/h4-10,17-18,20,29H,11-15H2,1-3H3/t17?,18?,20-,24?,25+/m1/s1. The highest BCUT2D eigenvalue weighted by atomic mass is 16.3. The average molecular weight is 391 g/mol. The van der Waals surface area contributed by atoms with E-state index in [1.54, 1.807) is 0 Å². The molecule has 29 heavy (non-hydrogen) atoms. The van der Waals surface area contributed by atoms with Crippen LogP contribution in [0.2, 0.25) is 0 Å². The number of fused-ring (bicyclic) bond motifs is 2. The number of benzene rings is 2. The lowest BCUT2D eigenvalue weighted by atomic mass is 9.51. The number of anilines is 1. The van der Waals surface area contributed by atoms with Crippen LogP contribution >= 0.6 is 0 Å². The summed E-state index contributed by atoms with van der Waals surface area (Å²) >= 11 is 0. The molecule has 3 saturated carbocycles. The fraction of sp³-hybridized carbons (Fsp3) is 0.560. The monoisotopic (exact) mass is 390 g/mol. The molecule has 0 spiro atoms. The summed E-state index contributed by atoms with van der Waals surface area (Å²) in [4.78, 5) is 13.4. The maximum absolute atomic E-state index is 13.4. The van der Waals surface area contributed by atoms with Crippen molar-refractivity contribution in [2.75, 3.05) is 5.01 Å². The molecule has 4 heteroatoms. The van der Waals surface area contributed by atoms with Crippen LogP contribution in [0.4, 0.5) is 5.69 Å². The van der Waals surface area contributed by atoms with E-state index in [0.29, 0.717) is 11.8 Å². The second-order valence-corrected chi connectivity index (χ2v) is 10.7. The number of nitrogens with zero attached hydrogens (tertiary/aromatic N) is 2. The molecule has 4 aliphatic rings. The summed E-state index contributed by atoms with van der Waals surface area (Å²) < 4.78 is 0. The van der Waals surface area contributed by atoms with Gasteiger partial charge in [0.15, 0.2) is 0 Å². The van der Waals surface area contributed by atoms with E-state index in [1.807, 2.05) is 13.8 Å². The summed E-state index contributed by atoms with van der Waals surface area (Å²) in [5.41, 5.74) is 0.120. The van der Waals surface area contributed by atoms with Gasteiger partial charge in [0, 0.05) is 5.39 Å². The molecule has 1 N–H and O–H groups in total. The van der Waals surface area contributed by atoms with Crippen LogP contribution < -0.4 is 5.01 Å². The fourth-order valence-electron chi connectivity index (χ4n) is 7.26. The third-order valence-corrected chi connectivity index (χ3v) is 8.97. The highest BCUT2D eigenvalue weighted by Gasteiger charge is 2.70. The SMILES string of the molecule is CC1(C)C(=O)N([C@@H]2CCC3C[C@@]4(O)CC2CC34C)N1c1cccc2ccccc12. The second kappa shape index (κ2) is 5.34. The van der Waals surface area contributed by atoms with Gasteiger partial charge in [-0.3, -0.25) is 9.80 Å². The minimum atomic E-state index is -0.543. The number of hydrogen-bond donors (Lipinski definition) is 1. The van der Waals surface area contributed by atoms with Gasteiger partial charge >= 0.3 is 0 Å². The molecule has 6 rings (SSSR count). The summed E-state index contributed by atoms with van der Waals surface area (Å²) in [5, 5.41) is 17.9. The zero-order valence-corrected chi connectivity index (χ0v) is 17.6. The third-order valence-electron chi connectivity index (χ3n) is 8.97. The number of carbonyl (C=O) groups excluding carboxylic acids is 1. The molecule has 1 saturated heterocycles. The lowest BCUT2D eigenvalue weighted by Crippen LogP contribution is -2.78. The number of carbonyl (C=O) groups is 1. The molecule has 2 aromatic carbocycles. The first kappa shape index (κ1) is 17.8. The van der Waals surface area contributed by atoms with Crippen LogP contribution in [-0.4, -0.2) is 33.2 Å². The average Bonchev–Trinajstić information content (AvgIpc) is 2.82. The van der Waals surface area contributed by atoms with Crippen LogP contribution in [0.1, 0.15) is 52.9 Å². The minimum Gasteiger partial charge on any atom is -0.389 e. The van der Waals surface area contributed by atoms with Crippen LogP contribution in [0, 0.1) is 17.3 Å². The smallest absolute Gasteiger partial charge is 0.268 e. The molecule has 1 aliphatic heterocycles. The molecule has 0 radical (unpaired) electrons. The van der Waals surface area contributed by atoms with E-state index in [-0.39, 0.29) is 17.4 Å². The Morgan fingerprint density at radius 3 is 2.55 bits per heavy atom. The molecule has 1 heterocycles. The highest BCUT2D eigenvalue weighted by molar-refractivity contribution is 6.03. The lowest BCUT2D eigenvalue weighted by Gasteiger charge is -2.61. The normalized spacial score (nSPS) is 39.9. The van der Waals surface area contributed by atoms with E-state index in [1.165, 1.54) is 10.8 Å². The molecule has 1 amide bonds. The van der Waals surface area contributed by atoms with Gasteiger partial charge in [-0.05, 0) is 74.7 Å². The van der Waals surface area contributed by atoms with Crippen molar-refractivity contribution in [1.82, 2.24) is 5.01 Å². The number of amides is 1. The van der Waals surface area contributed by atoms with Gasteiger partial charge in [-0.25, -0.2) is 5.01 Å². The first-order valence-electron chi connectivity index (χ1n) is 11.1. The van der Waals surface area contributed by atoms with E-state index < -0.39 is 11.1 Å². The number of hydrogen-bond acceptors (Lipinski definition) is 3. The van der Waals surface area contributed by atoms with Crippen molar-refractivity contribution in [3.8, 4) is 0 Å². The molecular formula is C25H30N2O2. The van der Waals surface area contributed by atoms with Gasteiger partial charge in [0.25, 0.3) is 5.91 Å². The Morgan fingerprint density at radius 1 is 0.966 bits per heavy atom. The Labute approximate surface area is 172 Å². The van der Waals surface area contributed by atoms with Gasteiger partial charge in [0.05, 0.1) is 17.3 Å². The second-order valence-electron chi connectivity index (χ2n) is 10.7. The molecule has 152 valence electrons. The van der Waals surface area contributed by atoms with Crippen molar-refractivity contribution in [3.63, 3.8) is 0 Å². The molecule has 3 unspecified atom stereocenters. The Morgan fingerprint density at radius 2 is 1.72 bits per heavy atom. The van der Waals surface area contributed by atoms with E-state index in [0.717, 1.165) is 37.8 Å². The maximum Gasteiger partial charge on any atom is 0.268 e. The molecule has 4 nitrogen and oxygen atoms in total. The largest absolute Gasteiger partial charge is 0.389 e. The molecule has 4 fully saturated rings. The van der Waals surface area contributed by atoms with E-state index in [4.69, 9.17) is 0 Å². The predicted octanol–water partition coefficient (Wildman–Crippen LogP) is 4.51. The zero-order chi connectivity index (χ0) is 20.2. The van der Waals surface area contributed by atoms with Crippen LogP contribution in [0.15, 0.2) is 42.5 Å². The molecule has 0 aromatic heterocycles. The Balaban J connectivity index is 1.42. The van der Waals surface area contributed by atoms with Crippen LogP contribution in [-0.2, 0) is 4.79 Å². The molecule has 5 atom stereocenters. The predicted molar refractivity (Wildman–Crippen MR) is 114 cm³/mol. The molecular weight excluding hydrogens is 360 g/mol. The quantitative estimate of drug-likeness (QED) is 0.820. The third kappa shape index (κ3) is 2.01. The summed E-state index contributed by atoms with van der Waals surface area (Å²) in [6.07, 6.45) is 5.02. The van der Waals surface area contributed by atoms with Gasteiger partial charge in [-0.15, -0.1) is 0 Å². The summed E-state index contributed by atoms with van der Waals surface area (Å²) in [6, 6.07) is 15.0. The Bertz CT molecular complexity index is 1030. The van der Waals surface area contributed by atoms with Crippen molar-refractivity contribution in [2.24, 2.45) is 17.3 Å². The van der Waals surface area contributed by atoms with Crippen molar-refractivity contribution in [3.05, 3.63) is 42.5 Å². The van der Waals surface area contributed by atoms with Crippen molar-refractivity contribution >= 4 is 22.4 Å². The lowest BCUT2D eigenvalue weighted by molar-refractivity contribution is -0.188. The minimum absolute atomic E-state index is 0.0557. The number of hydrazine groups is 1. The van der Waals surface area contributed by atoms with Crippen LogP contribution in [0.3, 0.4) is 0 Å².